The molecule has 10 heteroatoms. The minimum atomic E-state index is -0.682. The number of carbonyl (C=O) groups is 1. The molecule has 2 fully saturated rings. The van der Waals surface area contributed by atoms with E-state index in [0.717, 1.165) is 17.0 Å². The summed E-state index contributed by atoms with van der Waals surface area (Å²) < 4.78 is 30.0. The van der Waals surface area contributed by atoms with Gasteiger partial charge in [-0.05, 0) is 37.6 Å². The number of nitrogens with zero attached hydrogens (tertiary/aromatic N) is 4. The number of aliphatic hydroxyl groups excluding tert-OH is 1. The molecule has 0 bridgehead atoms. The highest BCUT2D eigenvalue weighted by molar-refractivity contribution is 5.95. The van der Waals surface area contributed by atoms with Crippen LogP contribution in [0.15, 0.2) is 42.7 Å². The Kier molecular flexibility index (Phi) is 5.40. The smallest absolute Gasteiger partial charge is 0.251 e. The van der Waals surface area contributed by atoms with Crippen LogP contribution in [0, 0.1) is 19.7 Å². The van der Waals surface area contributed by atoms with Crippen LogP contribution in [0.5, 0.6) is 0 Å². The maximum absolute atomic E-state index is 15.3. The van der Waals surface area contributed by atoms with Gasteiger partial charge >= 0.3 is 0 Å². The zero-order chi connectivity index (χ0) is 25.1. The predicted octanol–water partition coefficient (Wildman–Crippen LogP) is 2.41. The number of rotatable bonds is 4. The van der Waals surface area contributed by atoms with E-state index in [0.29, 0.717) is 28.0 Å². The molecule has 4 aromatic rings. The molecule has 0 unspecified atom stereocenters. The number of halogens is 1. The van der Waals surface area contributed by atoms with E-state index in [1.165, 1.54) is 6.07 Å². The molecule has 4 atom stereocenters. The molecule has 1 amide bonds. The van der Waals surface area contributed by atoms with E-state index in [1.54, 1.807) is 29.1 Å². The van der Waals surface area contributed by atoms with Crippen LogP contribution in [0.2, 0.25) is 0 Å². The first-order chi connectivity index (χ1) is 17.3. The van der Waals surface area contributed by atoms with Crippen LogP contribution in [0.1, 0.15) is 21.7 Å². The van der Waals surface area contributed by atoms with Crippen LogP contribution < -0.4 is 5.32 Å². The fourth-order valence-electron chi connectivity index (χ4n) is 5.25. The van der Waals surface area contributed by atoms with Crippen molar-refractivity contribution >= 4 is 11.6 Å². The Morgan fingerprint density at radius 1 is 1.17 bits per heavy atom. The molecule has 0 radical (unpaired) electrons. The maximum atomic E-state index is 15.3. The third-order valence-corrected chi connectivity index (χ3v) is 7.02. The zero-order valence-corrected chi connectivity index (χ0v) is 20.1. The van der Waals surface area contributed by atoms with Gasteiger partial charge in [-0.1, -0.05) is 12.1 Å². The molecule has 3 aromatic heterocycles. The molecular formula is C26H26FN5O4. The van der Waals surface area contributed by atoms with E-state index in [4.69, 9.17) is 14.5 Å². The van der Waals surface area contributed by atoms with E-state index >= 15 is 4.39 Å². The highest BCUT2D eigenvalue weighted by Gasteiger charge is 2.47. The largest absolute Gasteiger partial charge is 0.388 e. The van der Waals surface area contributed by atoms with Gasteiger partial charge in [0.25, 0.3) is 5.91 Å². The van der Waals surface area contributed by atoms with Gasteiger partial charge in [0.2, 0.25) is 0 Å². The van der Waals surface area contributed by atoms with Crippen LogP contribution in [-0.2, 0) is 16.5 Å². The van der Waals surface area contributed by atoms with E-state index in [1.807, 2.05) is 37.6 Å². The van der Waals surface area contributed by atoms with Gasteiger partial charge in [-0.25, -0.2) is 9.37 Å². The first-order valence-electron chi connectivity index (χ1n) is 11.8. The highest BCUT2D eigenvalue weighted by Crippen LogP contribution is 2.37. The number of nitrogens with one attached hydrogen (secondary N) is 1. The number of aliphatic hydroxyl groups is 1. The molecular weight excluding hydrogens is 465 g/mol. The van der Waals surface area contributed by atoms with Crippen LogP contribution in [0.3, 0.4) is 0 Å². The van der Waals surface area contributed by atoms with Crippen molar-refractivity contribution in [3.63, 3.8) is 0 Å². The van der Waals surface area contributed by atoms with Crippen LogP contribution in [0.25, 0.3) is 28.0 Å². The van der Waals surface area contributed by atoms with Gasteiger partial charge < -0.3 is 24.3 Å². The molecule has 5 heterocycles. The van der Waals surface area contributed by atoms with Crippen molar-refractivity contribution in [2.45, 2.75) is 38.2 Å². The lowest BCUT2D eigenvalue weighted by atomic mass is 9.97. The molecule has 186 valence electrons. The van der Waals surface area contributed by atoms with Crippen molar-refractivity contribution in [1.29, 1.82) is 0 Å². The van der Waals surface area contributed by atoms with E-state index in [9.17, 15) is 9.90 Å². The first-order valence-corrected chi connectivity index (χ1v) is 11.8. The molecule has 1 aromatic carbocycles. The van der Waals surface area contributed by atoms with Gasteiger partial charge in [-0.2, -0.15) is 5.10 Å². The number of benzene rings is 1. The second kappa shape index (κ2) is 8.51. The Morgan fingerprint density at radius 3 is 2.75 bits per heavy atom. The average Bonchev–Trinajstić information content (AvgIpc) is 3.59. The van der Waals surface area contributed by atoms with Gasteiger partial charge in [0.15, 0.2) is 0 Å². The third kappa shape index (κ3) is 3.60. The van der Waals surface area contributed by atoms with Crippen molar-refractivity contribution in [1.82, 2.24) is 24.5 Å². The summed E-state index contributed by atoms with van der Waals surface area (Å²) >= 11 is 0. The van der Waals surface area contributed by atoms with Crippen molar-refractivity contribution in [3.05, 3.63) is 65.5 Å². The number of hydrogen-bond donors (Lipinski definition) is 2. The number of amides is 1. The van der Waals surface area contributed by atoms with E-state index in [2.05, 4.69) is 10.4 Å². The number of carbonyl (C=O) groups excluding carboxylic acids is 1. The first kappa shape index (κ1) is 22.8. The Labute approximate surface area is 206 Å². The lowest BCUT2D eigenvalue weighted by Crippen LogP contribution is -2.44. The van der Waals surface area contributed by atoms with Crippen molar-refractivity contribution in [3.8, 4) is 22.4 Å². The topological polar surface area (TPSA) is 103 Å². The normalized spacial score (nSPS) is 23.4. The summed E-state index contributed by atoms with van der Waals surface area (Å²) in [5.74, 6) is -0.675. The van der Waals surface area contributed by atoms with Crippen LogP contribution in [-0.4, -0.2) is 67.7 Å². The third-order valence-electron chi connectivity index (χ3n) is 7.02. The molecule has 2 aliphatic heterocycles. The number of imidazole rings is 1. The lowest BCUT2D eigenvalue weighted by molar-refractivity contribution is 0.0178. The number of aryl methyl sites for hydroxylation is 3. The summed E-state index contributed by atoms with van der Waals surface area (Å²) in [7, 11) is 1.83. The quantitative estimate of drug-likeness (QED) is 0.455. The Morgan fingerprint density at radius 2 is 1.97 bits per heavy atom. The number of hydrogen-bond acceptors (Lipinski definition) is 6. The average molecular weight is 492 g/mol. The zero-order valence-electron chi connectivity index (χ0n) is 20.1. The highest BCUT2D eigenvalue weighted by atomic mass is 19.1. The van der Waals surface area contributed by atoms with E-state index < -0.39 is 12.2 Å². The fourth-order valence-corrected chi connectivity index (χ4v) is 5.25. The monoisotopic (exact) mass is 491 g/mol. The van der Waals surface area contributed by atoms with Gasteiger partial charge in [-0.3, -0.25) is 9.48 Å². The number of pyridine rings is 1. The summed E-state index contributed by atoms with van der Waals surface area (Å²) in [4.78, 5) is 17.8. The maximum Gasteiger partial charge on any atom is 0.251 e. The van der Waals surface area contributed by atoms with Gasteiger partial charge in [0.1, 0.15) is 29.8 Å². The van der Waals surface area contributed by atoms with E-state index in [-0.39, 0.29) is 37.1 Å². The fraction of sp³-hybridized carbons (Fsp3) is 0.346. The number of ether oxygens (including phenoxy) is 2. The minimum absolute atomic E-state index is 0.195. The molecule has 6 rings (SSSR count). The molecule has 0 spiro atoms. The molecule has 9 nitrogen and oxygen atoms in total. The Balaban J connectivity index is 1.35. The lowest BCUT2D eigenvalue weighted by Gasteiger charge is -2.17. The van der Waals surface area contributed by atoms with Crippen molar-refractivity contribution < 1.29 is 23.8 Å². The predicted molar refractivity (Wildman–Crippen MR) is 129 cm³/mol. The second-order valence-electron chi connectivity index (χ2n) is 9.40. The van der Waals surface area contributed by atoms with Crippen molar-refractivity contribution in [2.24, 2.45) is 7.05 Å². The molecule has 2 aliphatic rings. The Bertz CT molecular complexity index is 1500. The molecule has 0 aliphatic carbocycles. The van der Waals surface area contributed by atoms with Crippen molar-refractivity contribution in [2.75, 3.05) is 13.2 Å². The Hall–Kier alpha value is -3.60. The van der Waals surface area contributed by atoms with Crippen LogP contribution >= 0.6 is 0 Å². The minimum Gasteiger partial charge on any atom is -0.388 e. The SMILES string of the molecule is Cc1nn(C)cc1-c1cccc(F)c1-c1nc2cc(C(=O)N[C@@H]3CO[C@H]4[C@@H]3OC[C@H]4O)ccn2c1C. The van der Waals surface area contributed by atoms with Crippen LogP contribution in [0.4, 0.5) is 4.39 Å². The van der Waals surface area contributed by atoms with Gasteiger partial charge in [0.05, 0.1) is 30.6 Å². The standard InChI is InChI=1S/C26H26FN5O4/c1-13-17(10-31(3)30-13)16-5-4-6-18(27)22(16)23-14(2)32-8-7-15(9-21(32)29-23)26(34)28-19-11-35-25-20(33)12-36-24(19)25/h4-10,19-20,24-25,33H,11-12H2,1-3H3,(H,28,34)/t19-,20-,24-,25-/m1/s1. The van der Waals surface area contributed by atoms with Gasteiger partial charge in [-0.15, -0.1) is 0 Å². The molecule has 2 N–H and O–H groups in total. The summed E-state index contributed by atoms with van der Waals surface area (Å²) in [6.45, 7) is 4.23. The number of fused-ring (bicyclic) bond motifs is 2. The summed E-state index contributed by atoms with van der Waals surface area (Å²) in [5.41, 5.74) is 4.93. The molecule has 36 heavy (non-hydrogen) atoms. The molecule has 2 saturated heterocycles. The summed E-state index contributed by atoms with van der Waals surface area (Å²) in [5, 5.41) is 17.3. The second-order valence-corrected chi connectivity index (χ2v) is 9.40. The number of aromatic nitrogens is 4. The summed E-state index contributed by atoms with van der Waals surface area (Å²) in [6, 6.07) is 8.00. The molecule has 0 saturated carbocycles. The summed E-state index contributed by atoms with van der Waals surface area (Å²) in [6.07, 6.45) is 2.15. The van der Waals surface area contributed by atoms with Gasteiger partial charge in [0, 0.05) is 41.8 Å².